The van der Waals surface area contributed by atoms with E-state index in [9.17, 15) is 5.11 Å². The Balaban J connectivity index is 1.53. The van der Waals surface area contributed by atoms with Crippen molar-refractivity contribution >= 4 is 0 Å². The molecule has 2 unspecified atom stereocenters. The molecule has 0 aromatic carbocycles. The predicted molar refractivity (Wildman–Crippen MR) is 76.6 cm³/mol. The standard InChI is InChI=1S/C15H28N2O3/c1-16(8-9-17-6-2-3-7-17)13-12-15(5-4-14(13)18)19-10-11-20-15/h13-14,18H,2-12H2,1H3. The Morgan fingerprint density at radius 1 is 1.25 bits per heavy atom. The summed E-state index contributed by atoms with van der Waals surface area (Å²) >= 11 is 0. The van der Waals surface area contributed by atoms with Gasteiger partial charge in [0.2, 0.25) is 0 Å². The van der Waals surface area contributed by atoms with Crippen molar-refractivity contribution in [1.29, 1.82) is 0 Å². The zero-order valence-corrected chi connectivity index (χ0v) is 12.6. The predicted octanol–water partition coefficient (Wildman–Crippen LogP) is 0.671. The molecule has 1 saturated carbocycles. The maximum Gasteiger partial charge on any atom is 0.170 e. The molecule has 1 spiro atoms. The quantitative estimate of drug-likeness (QED) is 0.822. The number of aliphatic hydroxyl groups excluding tert-OH is 1. The second kappa shape index (κ2) is 6.28. The minimum Gasteiger partial charge on any atom is -0.391 e. The minimum atomic E-state index is -0.411. The van der Waals surface area contributed by atoms with Crippen LogP contribution in [0.15, 0.2) is 0 Å². The molecule has 0 radical (unpaired) electrons. The summed E-state index contributed by atoms with van der Waals surface area (Å²) < 4.78 is 11.6. The van der Waals surface area contributed by atoms with Gasteiger partial charge in [-0.05, 0) is 39.4 Å². The second-order valence-electron chi connectivity index (χ2n) is 6.51. The van der Waals surface area contributed by atoms with Crippen LogP contribution in [0.25, 0.3) is 0 Å². The molecule has 0 aromatic rings. The van der Waals surface area contributed by atoms with E-state index in [-0.39, 0.29) is 12.1 Å². The molecular formula is C15H28N2O3. The summed E-state index contributed by atoms with van der Waals surface area (Å²) in [4.78, 5) is 4.82. The highest BCUT2D eigenvalue weighted by molar-refractivity contribution is 4.92. The Hall–Kier alpha value is -0.200. The average molecular weight is 284 g/mol. The van der Waals surface area contributed by atoms with Crippen LogP contribution in [0.3, 0.4) is 0 Å². The number of rotatable bonds is 4. The number of nitrogens with zero attached hydrogens (tertiary/aromatic N) is 2. The van der Waals surface area contributed by atoms with Gasteiger partial charge in [0, 0.05) is 32.0 Å². The molecule has 2 saturated heterocycles. The maximum absolute atomic E-state index is 10.3. The molecule has 1 aliphatic carbocycles. The number of hydrogen-bond acceptors (Lipinski definition) is 5. The van der Waals surface area contributed by atoms with Crippen LogP contribution < -0.4 is 0 Å². The Labute approximate surface area is 121 Å². The van der Waals surface area contributed by atoms with E-state index < -0.39 is 5.79 Å². The van der Waals surface area contributed by atoms with Gasteiger partial charge in [0.15, 0.2) is 5.79 Å². The van der Waals surface area contributed by atoms with E-state index in [0.717, 1.165) is 32.4 Å². The van der Waals surface area contributed by atoms with Crippen molar-refractivity contribution in [3.63, 3.8) is 0 Å². The Bertz CT molecular complexity index is 314. The molecule has 20 heavy (non-hydrogen) atoms. The van der Waals surface area contributed by atoms with Crippen LogP contribution >= 0.6 is 0 Å². The summed E-state index contributed by atoms with van der Waals surface area (Å²) in [5.41, 5.74) is 0. The van der Waals surface area contributed by atoms with E-state index >= 15 is 0 Å². The van der Waals surface area contributed by atoms with Gasteiger partial charge in [0.05, 0.1) is 19.3 Å². The van der Waals surface area contributed by atoms with Crippen molar-refractivity contribution < 1.29 is 14.6 Å². The van der Waals surface area contributed by atoms with Gasteiger partial charge in [-0.1, -0.05) is 0 Å². The van der Waals surface area contributed by atoms with E-state index in [4.69, 9.17) is 9.47 Å². The molecule has 1 N–H and O–H groups in total. The summed E-state index contributed by atoms with van der Waals surface area (Å²) in [6, 6.07) is 0.157. The zero-order valence-electron chi connectivity index (χ0n) is 12.6. The maximum atomic E-state index is 10.3. The van der Waals surface area contributed by atoms with Crippen LogP contribution in [-0.2, 0) is 9.47 Å². The molecule has 0 aromatic heterocycles. The topological polar surface area (TPSA) is 45.2 Å². The smallest absolute Gasteiger partial charge is 0.170 e. The van der Waals surface area contributed by atoms with Gasteiger partial charge >= 0.3 is 0 Å². The third-order valence-corrected chi connectivity index (χ3v) is 5.13. The third kappa shape index (κ3) is 3.17. The lowest BCUT2D eigenvalue weighted by Crippen LogP contribution is -2.53. The minimum absolute atomic E-state index is 0.157. The second-order valence-corrected chi connectivity index (χ2v) is 6.51. The molecule has 3 fully saturated rings. The van der Waals surface area contributed by atoms with Gasteiger partial charge in [-0.3, -0.25) is 4.90 Å². The number of aliphatic hydroxyl groups is 1. The molecule has 0 bridgehead atoms. The number of likely N-dealkylation sites (tertiary alicyclic amines) is 1. The van der Waals surface area contributed by atoms with E-state index in [1.54, 1.807) is 0 Å². The monoisotopic (exact) mass is 284 g/mol. The fourth-order valence-corrected chi connectivity index (χ4v) is 3.80. The molecule has 116 valence electrons. The molecule has 2 aliphatic heterocycles. The third-order valence-electron chi connectivity index (χ3n) is 5.13. The molecule has 2 heterocycles. The first-order chi connectivity index (χ1) is 9.69. The molecule has 5 nitrogen and oxygen atoms in total. The molecule has 2 atom stereocenters. The van der Waals surface area contributed by atoms with E-state index in [2.05, 4.69) is 16.8 Å². The fourth-order valence-electron chi connectivity index (χ4n) is 3.80. The van der Waals surface area contributed by atoms with Crippen molar-refractivity contribution in [3.8, 4) is 0 Å². The van der Waals surface area contributed by atoms with Crippen LogP contribution in [0.1, 0.15) is 32.1 Å². The molecule has 3 rings (SSSR count). The van der Waals surface area contributed by atoms with Gasteiger partial charge < -0.3 is 19.5 Å². The van der Waals surface area contributed by atoms with Crippen molar-refractivity contribution in [2.75, 3.05) is 46.4 Å². The van der Waals surface area contributed by atoms with Crippen LogP contribution in [0.5, 0.6) is 0 Å². The van der Waals surface area contributed by atoms with Gasteiger partial charge in [-0.15, -0.1) is 0 Å². The Morgan fingerprint density at radius 3 is 2.65 bits per heavy atom. The number of hydrogen-bond donors (Lipinski definition) is 1. The van der Waals surface area contributed by atoms with Crippen LogP contribution in [-0.4, -0.2) is 79.3 Å². The van der Waals surface area contributed by atoms with Crippen molar-refractivity contribution in [2.45, 2.75) is 50.0 Å². The first-order valence-corrected chi connectivity index (χ1v) is 8.07. The van der Waals surface area contributed by atoms with Gasteiger partial charge in [0.1, 0.15) is 0 Å². The van der Waals surface area contributed by atoms with Crippen molar-refractivity contribution in [3.05, 3.63) is 0 Å². The number of ether oxygens (including phenoxy) is 2. The lowest BCUT2D eigenvalue weighted by molar-refractivity contribution is -0.203. The van der Waals surface area contributed by atoms with Crippen LogP contribution in [0.2, 0.25) is 0 Å². The van der Waals surface area contributed by atoms with Crippen molar-refractivity contribution in [2.24, 2.45) is 0 Å². The highest BCUT2D eigenvalue weighted by atomic mass is 16.7. The first-order valence-electron chi connectivity index (χ1n) is 8.07. The summed E-state index contributed by atoms with van der Waals surface area (Å²) in [6.45, 7) is 5.97. The van der Waals surface area contributed by atoms with Crippen molar-refractivity contribution in [1.82, 2.24) is 9.80 Å². The lowest BCUT2D eigenvalue weighted by Gasteiger charge is -2.43. The van der Waals surface area contributed by atoms with E-state index in [0.29, 0.717) is 13.2 Å². The highest BCUT2D eigenvalue weighted by Gasteiger charge is 2.45. The van der Waals surface area contributed by atoms with Crippen LogP contribution in [0, 0.1) is 0 Å². The van der Waals surface area contributed by atoms with Gasteiger partial charge in [0.25, 0.3) is 0 Å². The number of likely N-dealkylation sites (N-methyl/N-ethyl adjacent to an activating group) is 1. The van der Waals surface area contributed by atoms with E-state index in [1.165, 1.54) is 25.9 Å². The highest BCUT2D eigenvalue weighted by Crippen LogP contribution is 2.37. The van der Waals surface area contributed by atoms with Crippen LogP contribution in [0.4, 0.5) is 0 Å². The van der Waals surface area contributed by atoms with E-state index in [1.807, 2.05) is 0 Å². The summed E-state index contributed by atoms with van der Waals surface area (Å²) in [5.74, 6) is -0.411. The molecular weight excluding hydrogens is 256 g/mol. The normalized spacial score (nSPS) is 34.4. The molecule has 5 heteroatoms. The zero-order chi connectivity index (χ0) is 14.0. The Morgan fingerprint density at radius 2 is 1.95 bits per heavy atom. The lowest BCUT2D eigenvalue weighted by atomic mass is 9.86. The average Bonchev–Trinajstić information content (AvgIpc) is 3.11. The fraction of sp³-hybridized carbons (Fsp3) is 1.00. The first kappa shape index (κ1) is 14.7. The molecule has 0 amide bonds. The van der Waals surface area contributed by atoms with Gasteiger partial charge in [-0.2, -0.15) is 0 Å². The molecule has 3 aliphatic rings. The van der Waals surface area contributed by atoms with Gasteiger partial charge in [-0.25, -0.2) is 0 Å². The summed E-state index contributed by atoms with van der Waals surface area (Å²) in [5, 5.41) is 10.3. The Kier molecular flexibility index (Phi) is 4.62. The largest absolute Gasteiger partial charge is 0.391 e. The summed E-state index contributed by atoms with van der Waals surface area (Å²) in [7, 11) is 2.12. The SMILES string of the molecule is CN(CCN1CCCC1)C1CC2(CCC1O)OCCO2. The summed E-state index contributed by atoms with van der Waals surface area (Å²) in [6.07, 6.45) is 4.81.